The first kappa shape index (κ1) is 23.6. The number of halogens is 6. The van der Waals surface area contributed by atoms with Gasteiger partial charge in [-0.05, 0) is 74.3 Å². The van der Waals surface area contributed by atoms with Gasteiger partial charge in [-0.25, -0.2) is 4.39 Å². The maximum absolute atomic E-state index is 14.1. The van der Waals surface area contributed by atoms with Crippen molar-refractivity contribution in [3.8, 4) is 17.6 Å². The highest BCUT2D eigenvalue weighted by atomic mass is 79.9. The third-order valence-corrected chi connectivity index (χ3v) is 6.57. The van der Waals surface area contributed by atoms with Crippen LogP contribution >= 0.6 is 31.9 Å². The van der Waals surface area contributed by atoms with Crippen LogP contribution in [0.5, 0.6) is 5.75 Å². The van der Waals surface area contributed by atoms with Gasteiger partial charge in [0.1, 0.15) is 17.3 Å². The molecule has 4 rings (SSSR count). The topological polar surface area (TPSA) is 9.23 Å². The lowest BCUT2D eigenvalue weighted by Gasteiger charge is -2.31. The largest absolute Gasteiger partial charge is 0.457 e. The molecule has 0 radical (unpaired) electrons. The van der Waals surface area contributed by atoms with Crippen LogP contribution in [0.1, 0.15) is 41.7 Å². The van der Waals surface area contributed by atoms with E-state index in [1.165, 1.54) is 0 Å². The third kappa shape index (κ3) is 4.73. The van der Waals surface area contributed by atoms with Gasteiger partial charge in [0.25, 0.3) is 0 Å². The summed E-state index contributed by atoms with van der Waals surface area (Å²) < 4.78 is 61.8. The zero-order valence-corrected chi connectivity index (χ0v) is 20.6. The van der Waals surface area contributed by atoms with E-state index in [2.05, 4.69) is 43.7 Å². The monoisotopic (exact) mass is 578 g/mol. The van der Waals surface area contributed by atoms with Crippen LogP contribution in [-0.2, 0) is 11.6 Å². The minimum atomic E-state index is -4.70. The zero-order chi connectivity index (χ0) is 24.0. The third-order valence-electron chi connectivity index (χ3n) is 5.25. The molecule has 0 aromatic heterocycles. The highest BCUT2D eigenvalue weighted by molar-refractivity contribution is 9.11. The summed E-state index contributed by atoms with van der Waals surface area (Å²) in [4.78, 5) is 0. The van der Waals surface area contributed by atoms with Gasteiger partial charge in [-0.1, -0.05) is 43.9 Å². The minimum absolute atomic E-state index is 0.376. The van der Waals surface area contributed by atoms with Crippen molar-refractivity contribution in [2.45, 2.75) is 25.4 Å². The molecule has 1 aliphatic heterocycles. The lowest BCUT2D eigenvalue weighted by Crippen LogP contribution is -2.21. The molecule has 0 bridgehead atoms. The van der Waals surface area contributed by atoms with Crippen LogP contribution in [0, 0.1) is 17.7 Å². The summed E-state index contributed by atoms with van der Waals surface area (Å²) in [5.74, 6) is 5.18. The summed E-state index contributed by atoms with van der Waals surface area (Å²) in [6, 6.07) is 13.7. The molecule has 0 aliphatic carbocycles. The van der Waals surface area contributed by atoms with Crippen molar-refractivity contribution in [3.05, 3.63) is 103 Å². The van der Waals surface area contributed by atoms with E-state index < -0.39 is 23.1 Å². The molecule has 1 aliphatic rings. The first-order valence-corrected chi connectivity index (χ1v) is 11.4. The minimum Gasteiger partial charge on any atom is -0.457 e. The maximum Gasteiger partial charge on any atom is 0.417 e. The van der Waals surface area contributed by atoms with Gasteiger partial charge in [0, 0.05) is 31.1 Å². The second-order valence-electron chi connectivity index (χ2n) is 8.05. The van der Waals surface area contributed by atoms with Crippen molar-refractivity contribution in [1.82, 2.24) is 0 Å². The second kappa shape index (κ2) is 8.66. The molecule has 33 heavy (non-hydrogen) atoms. The fraction of sp³-hybridized carbons (Fsp3) is 0.154. The summed E-state index contributed by atoms with van der Waals surface area (Å²) in [5.41, 5.74) is -0.00126. The second-order valence-corrected chi connectivity index (χ2v) is 9.76. The van der Waals surface area contributed by atoms with Crippen molar-refractivity contribution < 1.29 is 22.3 Å². The lowest BCUT2D eigenvalue weighted by molar-refractivity contribution is -0.138. The summed E-state index contributed by atoms with van der Waals surface area (Å²) >= 11 is 7.11. The predicted molar refractivity (Wildman–Crippen MR) is 127 cm³/mol. The van der Waals surface area contributed by atoms with E-state index in [4.69, 9.17) is 4.74 Å². The van der Waals surface area contributed by atoms with Gasteiger partial charge in [-0.15, -0.1) is 0 Å². The standard InChI is InChI=1S/C26H16Br2F4O/c1-25(2)14-23(24-19(27)6-4-7-20(24)28)33-22-13-15(10-12-18(22)25)9-11-16-17(26(30,31)32)5-3-8-21(16)29/h3-8,10,12-14H,1-2H3. The van der Waals surface area contributed by atoms with Crippen LogP contribution in [0.2, 0.25) is 0 Å². The smallest absolute Gasteiger partial charge is 0.417 e. The molecule has 1 nitrogen and oxygen atoms in total. The SMILES string of the molecule is CC1(C)C=C(c2c(Br)cccc2Br)Oc2cc(C#Cc3c(F)cccc3C(F)(F)F)ccc21. The predicted octanol–water partition coefficient (Wildman–Crippen LogP) is 8.48. The number of benzene rings is 3. The number of rotatable bonds is 1. The molecule has 7 heteroatoms. The van der Waals surface area contributed by atoms with Crippen molar-refractivity contribution in [2.75, 3.05) is 0 Å². The highest BCUT2D eigenvalue weighted by Gasteiger charge is 2.34. The van der Waals surface area contributed by atoms with Gasteiger partial charge in [-0.2, -0.15) is 13.2 Å². The maximum atomic E-state index is 14.1. The van der Waals surface area contributed by atoms with Gasteiger partial charge < -0.3 is 4.74 Å². The van der Waals surface area contributed by atoms with Crippen molar-refractivity contribution in [1.29, 1.82) is 0 Å². The Morgan fingerprint density at radius 2 is 1.58 bits per heavy atom. The molecule has 1 heterocycles. The van der Waals surface area contributed by atoms with E-state index in [1.54, 1.807) is 12.1 Å². The van der Waals surface area contributed by atoms with E-state index in [-0.39, 0.29) is 5.41 Å². The summed E-state index contributed by atoms with van der Waals surface area (Å²) in [5, 5.41) is 0. The van der Waals surface area contributed by atoms with E-state index >= 15 is 0 Å². The van der Waals surface area contributed by atoms with Gasteiger partial charge in [-0.3, -0.25) is 0 Å². The molecule has 0 fully saturated rings. The average Bonchev–Trinajstić information content (AvgIpc) is 2.71. The summed E-state index contributed by atoms with van der Waals surface area (Å²) in [7, 11) is 0. The Bertz CT molecular complexity index is 1320. The van der Waals surface area contributed by atoms with Gasteiger partial charge in [0.05, 0.1) is 11.1 Å². The molecule has 0 amide bonds. The molecule has 0 saturated carbocycles. The normalized spacial score (nSPS) is 14.5. The van der Waals surface area contributed by atoms with Crippen LogP contribution < -0.4 is 4.74 Å². The number of ether oxygens (including phenoxy) is 1. The Balaban J connectivity index is 1.76. The molecule has 0 unspecified atom stereocenters. The van der Waals surface area contributed by atoms with Crippen molar-refractivity contribution in [3.63, 3.8) is 0 Å². The van der Waals surface area contributed by atoms with E-state index in [0.29, 0.717) is 17.1 Å². The van der Waals surface area contributed by atoms with Crippen LogP contribution in [0.15, 0.2) is 69.6 Å². The molecule has 0 saturated heterocycles. The van der Waals surface area contributed by atoms with Crippen LogP contribution in [0.4, 0.5) is 17.6 Å². The fourth-order valence-corrected chi connectivity index (χ4v) is 5.04. The number of fused-ring (bicyclic) bond motifs is 1. The van der Waals surface area contributed by atoms with Gasteiger partial charge in [0.15, 0.2) is 0 Å². The van der Waals surface area contributed by atoms with Crippen molar-refractivity contribution in [2.24, 2.45) is 0 Å². The Morgan fingerprint density at radius 1 is 0.909 bits per heavy atom. The number of allylic oxidation sites excluding steroid dienone is 1. The van der Waals surface area contributed by atoms with Crippen LogP contribution in [0.3, 0.4) is 0 Å². The molecule has 0 atom stereocenters. The Kier molecular flexibility index (Phi) is 6.19. The first-order valence-electron chi connectivity index (χ1n) is 9.85. The Hall–Kier alpha value is -2.56. The van der Waals surface area contributed by atoms with Crippen LogP contribution in [0.25, 0.3) is 5.76 Å². The van der Waals surface area contributed by atoms with E-state index in [1.807, 2.05) is 44.2 Å². The first-order chi connectivity index (χ1) is 15.5. The number of hydrogen-bond acceptors (Lipinski definition) is 1. The van der Waals surface area contributed by atoms with E-state index in [0.717, 1.165) is 38.3 Å². The molecular formula is C26H16Br2F4O. The Labute approximate surface area is 205 Å². The van der Waals surface area contributed by atoms with Gasteiger partial charge >= 0.3 is 6.18 Å². The van der Waals surface area contributed by atoms with Crippen LogP contribution in [-0.4, -0.2) is 0 Å². The zero-order valence-electron chi connectivity index (χ0n) is 17.4. The highest BCUT2D eigenvalue weighted by Crippen LogP contribution is 2.44. The average molecular weight is 580 g/mol. The lowest BCUT2D eigenvalue weighted by atomic mass is 9.81. The van der Waals surface area contributed by atoms with Gasteiger partial charge in [0.2, 0.25) is 0 Å². The molecule has 0 N–H and O–H groups in total. The van der Waals surface area contributed by atoms with E-state index in [9.17, 15) is 17.6 Å². The summed E-state index contributed by atoms with van der Waals surface area (Å²) in [6.07, 6.45) is -2.69. The number of hydrogen-bond donors (Lipinski definition) is 0. The molecule has 3 aromatic carbocycles. The molecular weight excluding hydrogens is 564 g/mol. The van der Waals surface area contributed by atoms with Crippen molar-refractivity contribution >= 4 is 37.6 Å². The number of alkyl halides is 3. The molecule has 168 valence electrons. The fourth-order valence-electron chi connectivity index (χ4n) is 3.65. The Morgan fingerprint density at radius 3 is 2.24 bits per heavy atom. The molecule has 3 aromatic rings. The molecule has 0 spiro atoms. The summed E-state index contributed by atoms with van der Waals surface area (Å²) in [6.45, 7) is 4.08. The quantitative estimate of drug-likeness (QED) is 0.207.